The van der Waals surface area contributed by atoms with Crippen LogP contribution < -0.4 is 15.0 Å². The van der Waals surface area contributed by atoms with E-state index in [1.807, 2.05) is 59.5 Å². The van der Waals surface area contributed by atoms with Gasteiger partial charge in [-0.3, -0.25) is 4.79 Å². The maximum atomic E-state index is 13.3. The van der Waals surface area contributed by atoms with Crippen LogP contribution in [-0.2, 0) is 11.2 Å². The van der Waals surface area contributed by atoms with Gasteiger partial charge in [0.25, 0.3) is 0 Å². The Morgan fingerprint density at radius 2 is 1.68 bits per heavy atom. The average Bonchev–Trinajstić information content (AvgIpc) is 2.76. The van der Waals surface area contributed by atoms with Gasteiger partial charge in [0.15, 0.2) is 0 Å². The molecule has 3 aromatic carbocycles. The Morgan fingerprint density at radius 3 is 2.50 bits per heavy atom. The second-order valence-corrected chi connectivity index (χ2v) is 6.90. The highest BCUT2D eigenvalue weighted by molar-refractivity contribution is 5.99. The fourth-order valence-corrected chi connectivity index (χ4v) is 3.81. The minimum absolute atomic E-state index is 0.0821. The molecule has 1 unspecified atom stereocenters. The quantitative estimate of drug-likeness (QED) is 0.738. The molecule has 0 spiro atoms. The van der Waals surface area contributed by atoms with Crippen LogP contribution in [0.25, 0.3) is 11.1 Å². The Balaban J connectivity index is 1.60. The normalized spacial score (nSPS) is 16.8. The molecule has 4 nitrogen and oxygen atoms in total. The van der Waals surface area contributed by atoms with E-state index < -0.39 is 0 Å². The molecule has 1 N–H and O–H groups in total. The smallest absolute Gasteiger partial charge is 0.244 e. The zero-order valence-electron chi connectivity index (χ0n) is 16.0. The number of amides is 1. The molecule has 4 heteroatoms. The Hall–Kier alpha value is -3.11. The standard InChI is InChI=1S/C24H24N2O2/c1-28-23-14-8-7-13-22(23)26-16-15-25-21(24(26)27)17-19-11-5-6-12-20(19)18-9-3-2-4-10-18/h2-14,21,25H,15-17H2,1H3. The lowest BCUT2D eigenvalue weighted by molar-refractivity contribution is -0.121. The molecule has 1 amide bonds. The van der Waals surface area contributed by atoms with Gasteiger partial charge in [-0.15, -0.1) is 0 Å². The molecule has 142 valence electrons. The predicted octanol–water partition coefficient (Wildman–Crippen LogP) is 3.91. The van der Waals surface area contributed by atoms with Crippen LogP contribution >= 0.6 is 0 Å². The summed E-state index contributed by atoms with van der Waals surface area (Å²) < 4.78 is 5.46. The number of carbonyl (C=O) groups excluding carboxylic acids is 1. The van der Waals surface area contributed by atoms with Crippen molar-refractivity contribution in [1.29, 1.82) is 0 Å². The number of hydrogen-bond donors (Lipinski definition) is 1. The van der Waals surface area contributed by atoms with Crippen molar-refractivity contribution >= 4 is 11.6 Å². The van der Waals surface area contributed by atoms with Crippen LogP contribution in [0.3, 0.4) is 0 Å². The number of carbonyl (C=O) groups is 1. The number of rotatable bonds is 5. The van der Waals surface area contributed by atoms with Gasteiger partial charge in [-0.05, 0) is 35.2 Å². The van der Waals surface area contributed by atoms with Crippen LogP contribution in [0.1, 0.15) is 5.56 Å². The lowest BCUT2D eigenvalue weighted by atomic mass is 9.94. The van der Waals surface area contributed by atoms with E-state index in [2.05, 4.69) is 29.6 Å². The highest BCUT2D eigenvalue weighted by Gasteiger charge is 2.31. The van der Waals surface area contributed by atoms with Crippen LogP contribution in [-0.4, -0.2) is 32.1 Å². The second-order valence-electron chi connectivity index (χ2n) is 6.90. The van der Waals surface area contributed by atoms with Gasteiger partial charge in [0.05, 0.1) is 18.8 Å². The van der Waals surface area contributed by atoms with E-state index in [0.717, 1.165) is 18.0 Å². The molecule has 0 bridgehead atoms. The molecule has 1 saturated heterocycles. The fourth-order valence-electron chi connectivity index (χ4n) is 3.81. The molecule has 1 atom stereocenters. The van der Waals surface area contributed by atoms with E-state index in [0.29, 0.717) is 13.0 Å². The van der Waals surface area contributed by atoms with Crippen molar-refractivity contribution < 1.29 is 9.53 Å². The van der Waals surface area contributed by atoms with Gasteiger partial charge < -0.3 is 15.0 Å². The summed E-state index contributed by atoms with van der Waals surface area (Å²) in [6, 6.07) is 26.1. The van der Waals surface area contributed by atoms with E-state index >= 15 is 0 Å². The van der Waals surface area contributed by atoms with E-state index in [1.54, 1.807) is 7.11 Å². The Morgan fingerprint density at radius 1 is 0.964 bits per heavy atom. The Kier molecular flexibility index (Phi) is 5.40. The number of nitrogens with zero attached hydrogens (tertiary/aromatic N) is 1. The molecule has 1 aliphatic heterocycles. The molecule has 28 heavy (non-hydrogen) atoms. The van der Waals surface area contributed by atoms with Crippen molar-refractivity contribution in [3.05, 3.63) is 84.4 Å². The van der Waals surface area contributed by atoms with Crippen LogP contribution in [0.4, 0.5) is 5.69 Å². The lowest BCUT2D eigenvalue weighted by Gasteiger charge is -2.34. The summed E-state index contributed by atoms with van der Waals surface area (Å²) in [5.41, 5.74) is 4.34. The minimum atomic E-state index is -0.261. The van der Waals surface area contributed by atoms with Crippen LogP contribution in [0.2, 0.25) is 0 Å². The highest BCUT2D eigenvalue weighted by atomic mass is 16.5. The SMILES string of the molecule is COc1ccccc1N1CCNC(Cc2ccccc2-c2ccccc2)C1=O. The zero-order chi connectivity index (χ0) is 19.3. The number of hydrogen-bond acceptors (Lipinski definition) is 3. The molecule has 0 radical (unpaired) electrons. The number of para-hydroxylation sites is 2. The molecule has 0 aliphatic carbocycles. The first-order valence-electron chi connectivity index (χ1n) is 9.59. The van der Waals surface area contributed by atoms with Crippen molar-refractivity contribution in [2.24, 2.45) is 0 Å². The molecular weight excluding hydrogens is 348 g/mol. The number of ether oxygens (including phenoxy) is 1. The fraction of sp³-hybridized carbons (Fsp3) is 0.208. The summed E-state index contributed by atoms with van der Waals surface area (Å²) in [5.74, 6) is 0.805. The van der Waals surface area contributed by atoms with Gasteiger partial charge in [-0.1, -0.05) is 66.7 Å². The number of piperazine rings is 1. The van der Waals surface area contributed by atoms with Gasteiger partial charge in [0.2, 0.25) is 5.91 Å². The summed E-state index contributed by atoms with van der Waals surface area (Å²) >= 11 is 0. The van der Waals surface area contributed by atoms with E-state index in [1.165, 1.54) is 16.7 Å². The maximum absolute atomic E-state index is 13.3. The van der Waals surface area contributed by atoms with Crippen LogP contribution in [0, 0.1) is 0 Å². The van der Waals surface area contributed by atoms with Gasteiger partial charge in [-0.2, -0.15) is 0 Å². The summed E-state index contributed by atoms with van der Waals surface area (Å²) in [5, 5.41) is 3.40. The molecule has 1 fully saturated rings. The second kappa shape index (κ2) is 8.28. The molecule has 3 aromatic rings. The van der Waals surface area contributed by atoms with Crippen molar-refractivity contribution in [3.63, 3.8) is 0 Å². The summed E-state index contributed by atoms with van der Waals surface area (Å²) in [6.45, 7) is 1.39. The van der Waals surface area contributed by atoms with Crippen molar-refractivity contribution in [1.82, 2.24) is 5.32 Å². The third kappa shape index (κ3) is 3.64. The summed E-state index contributed by atoms with van der Waals surface area (Å²) in [6.07, 6.45) is 0.648. The molecule has 1 heterocycles. The lowest BCUT2D eigenvalue weighted by Crippen LogP contribution is -2.56. The topological polar surface area (TPSA) is 41.6 Å². The van der Waals surface area contributed by atoms with E-state index in [9.17, 15) is 4.79 Å². The monoisotopic (exact) mass is 372 g/mol. The first kappa shape index (κ1) is 18.3. The number of anilines is 1. The van der Waals surface area contributed by atoms with E-state index in [-0.39, 0.29) is 11.9 Å². The molecule has 1 aliphatic rings. The van der Waals surface area contributed by atoms with Gasteiger partial charge in [0.1, 0.15) is 5.75 Å². The summed E-state index contributed by atoms with van der Waals surface area (Å²) in [4.78, 5) is 15.1. The highest BCUT2D eigenvalue weighted by Crippen LogP contribution is 2.30. The Bertz CT molecular complexity index is 956. The van der Waals surface area contributed by atoms with Gasteiger partial charge >= 0.3 is 0 Å². The minimum Gasteiger partial charge on any atom is -0.495 e. The van der Waals surface area contributed by atoms with Gasteiger partial charge in [-0.25, -0.2) is 0 Å². The van der Waals surface area contributed by atoms with Crippen molar-refractivity contribution in [3.8, 4) is 16.9 Å². The Labute approximate surface area is 165 Å². The number of nitrogens with one attached hydrogen (secondary N) is 1. The summed E-state index contributed by atoms with van der Waals surface area (Å²) in [7, 11) is 1.64. The molecule has 4 rings (SSSR count). The molecule has 0 saturated carbocycles. The van der Waals surface area contributed by atoms with Crippen LogP contribution in [0.5, 0.6) is 5.75 Å². The largest absolute Gasteiger partial charge is 0.495 e. The maximum Gasteiger partial charge on any atom is 0.244 e. The molecular formula is C24H24N2O2. The number of methoxy groups -OCH3 is 1. The van der Waals surface area contributed by atoms with Gasteiger partial charge in [0, 0.05) is 13.1 Å². The van der Waals surface area contributed by atoms with Crippen molar-refractivity contribution in [2.75, 3.05) is 25.1 Å². The average molecular weight is 372 g/mol. The first-order valence-corrected chi connectivity index (χ1v) is 9.59. The molecule has 0 aromatic heterocycles. The first-order chi connectivity index (χ1) is 13.8. The number of benzene rings is 3. The van der Waals surface area contributed by atoms with E-state index in [4.69, 9.17) is 4.74 Å². The zero-order valence-corrected chi connectivity index (χ0v) is 16.0. The van der Waals surface area contributed by atoms with Crippen LogP contribution in [0.15, 0.2) is 78.9 Å². The third-order valence-electron chi connectivity index (χ3n) is 5.19. The third-order valence-corrected chi connectivity index (χ3v) is 5.19. The predicted molar refractivity (Wildman–Crippen MR) is 113 cm³/mol. The van der Waals surface area contributed by atoms with Crippen molar-refractivity contribution in [2.45, 2.75) is 12.5 Å².